The van der Waals surface area contributed by atoms with Gasteiger partial charge < -0.3 is 32.8 Å². The van der Waals surface area contributed by atoms with E-state index in [4.69, 9.17) is 17.2 Å². The number of nitro groups is 3. The van der Waals surface area contributed by atoms with Crippen molar-refractivity contribution in [2.75, 3.05) is 20.0 Å². The molecule has 0 spiro atoms. The van der Waals surface area contributed by atoms with Crippen LogP contribution in [-0.4, -0.2) is 96.6 Å². The van der Waals surface area contributed by atoms with Gasteiger partial charge in [0, 0.05) is 7.62 Å². The molecule has 2 amide bonds. The number of nitrogens with two attached hydrogens (primary N) is 3. The van der Waals surface area contributed by atoms with Crippen LogP contribution < -0.4 is 23.4 Å². The minimum Gasteiger partial charge on any atom is -0.468 e. The number of primary amides is 2. The van der Waals surface area contributed by atoms with Crippen molar-refractivity contribution in [3.05, 3.63) is 77.9 Å². The summed E-state index contributed by atoms with van der Waals surface area (Å²) in [5.41, 5.74) is 15.1. The monoisotopic (exact) mass is 947 g/mol. The van der Waals surface area contributed by atoms with Gasteiger partial charge in [-0.05, 0) is 83.1 Å². The third-order valence-electron chi connectivity index (χ3n) is 8.36. The highest BCUT2D eigenvalue weighted by atomic mass is 79.9. The van der Waals surface area contributed by atoms with Crippen LogP contribution in [0.3, 0.4) is 0 Å². The number of carbonyl (C=O) groups is 4. The third-order valence-corrected chi connectivity index (χ3v) is 8.68. The fourth-order valence-corrected chi connectivity index (χ4v) is 4.09. The lowest BCUT2D eigenvalue weighted by Gasteiger charge is -2.21. The number of alkyl halides is 1. The number of amides is 2. The summed E-state index contributed by atoms with van der Waals surface area (Å²) in [6.07, 6.45) is 5.24. The summed E-state index contributed by atoms with van der Waals surface area (Å²) in [6.45, 7) is 19.5. The first kappa shape index (κ1) is 57.3. The van der Waals surface area contributed by atoms with Crippen molar-refractivity contribution in [1.82, 2.24) is 45.7 Å². The molecule has 0 saturated carbocycles. The smallest absolute Gasteiger partial charge is 0.333 e. The number of H-pyrrole nitrogens is 1. The quantitative estimate of drug-likeness (QED) is 0.0655. The Morgan fingerprint density at radius 2 is 1.00 bits per heavy atom. The van der Waals surface area contributed by atoms with Crippen LogP contribution in [0.4, 0.5) is 22.7 Å². The Morgan fingerprint density at radius 3 is 1.21 bits per heavy atom. The molecule has 4 rings (SSSR count). The number of anilines is 1. The summed E-state index contributed by atoms with van der Waals surface area (Å²) in [7, 11) is 2.63. The van der Waals surface area contributed by atoms with Crippen molar-refractivity contribution in [1.29, 1.82) is 0 Å². The topological polar surface area (TPSA) is 411 Å². The molecule has 4 heterocycles. The van der Waals surface area contributed by atoms with E-state index in [-0.39, 0.29) is 42.0 Å². The van der Waals surface area contributed by atoms with Gasteiger partial charge in [0.15, 0.2) is 5.54 Å². The molecule has 348 valence electrons. The predicted molar refractivity (Wildman–Crippen MR) is 229 cm³/mol. The summed E-state index contributed by atoms with van der Waals surface area (Å²) < 4.78 is 12.4. The van der Waals surface area contributed by atoms with Crippen molar-refractivity contribution < 1.29 is 44.8 Å². The molecule has 4 aromatic heterocycles. The fourth-order valence-electron chi connectivity index (χ4n) is 3.93. The lowest BCUT2D eigenvalue weighted by atomic mass is 10.1. The molecule has 28 heteroatoms. The molecule has 0 aromatic carbocycles. The van der Waals surface area contributed by atoms with Gasteiger partial charge >= 0.3 is 29.0 Å². The Labute approximate surface area is 365 Å². The average molecular weight is 949 g/mol. The van der Waals surface area contributed by atoms with E-state index >= 15 is 0 Å². The van der Waals surface area contributed by atoms with E-state index in [1.807, 2.05) is 0 Å². The van der Waals surface area contributed by atoms with E-state index in [0.29, 0.717) is 17.1 Å². The van der Waals surface area contributed by atoms with Crippen LogP contribution in [0.2, 0.25) is 0 Å². The first-order chi connectivity index (χ1) is 27.6. The Balaban J connectivity index is -0.000000724. The van der Waals surface area contributed by atoms with Crippen LogP contribution in [-0.2, 0) is 45.3 Å². The number of aromatic nitrogens is 8. The summed E-state index contributed by atoms with van der Waals surface area (Å²) in [6, 6.07) is 0. The van der Waals surface area contributed by atoms with Crippen LogP contribution in [0.5, 0.6) is 0 Å². The number of methoxy groups -OCH3 is 2. The van der Waals surface area contributed by atoms with E-state index in [0.717, 1.165) is 0 Å². The summed E-state index contributed by atoms with van der Waals surface area (Å²) in [5.74, 6) is -1.79. The molecule has 0 unspecified atom stereocenters. The zero-order valence-electron chi connectivity index (χ0n) is 37.0. The van der Waals surface area contributed by atoms with Gasteiger partial charge in [0.05, 0.1) is 40.4 Å². The standard InChI is InChI=1S/C9H13N3O4.C8H12N4O3.C8H14N4O.C5H9BrO2.C4H5N3O2.H3N.H2/c1-6-7(12(14)15)5-11(10-6)9(2,3)8(13)16-4;1-5-6(12(14)15)4-11(10-5)8(2,3)7(9)13;1-5-6(9)4-12(11-5)8(2,3)7(10)13;1-5(2,6)4(7)8-3;1-3-4(7(8)9)2-5-6-3;;/h5H,1-4H3;4H,1-3H3,(H2,9,13);4H,9H2,1-3H3,(H2,10,13);1-3H3;2H,1H3,(H,5,6);1H3;1H. The number of hydrogen-bond acceptors (Lipinski definition) is 18. The van der Waals surface area contributed by atoms with Crippen molar-refractivity contribution in [3.63, 3.8) is 0 Å². The number of rotatable bonds is 10. The maximum absolute atomic E-state index is 11.5. The van der Waals surface area contributed by atoms with E-state index < -0.39 is 53.5 Å². The molecule has 0 radical (unpaired) electrons. The highest BCUT2D eigenvalue weighted by Gasteiger charge is 2.34. The molecule has 0 saturated heterocycles. The number of aryl methyl sites for hydroxylation is 4. The highest BCUT2D eigenvalue weighted by Crippen LogP contribution is 2.24. The Kier molecular flexibility index (Phi) is 20.9. The van der Waals surface area contributed by atoms with Crippen LogP contribution in [0.1, 0.15) is 79.6 Å². The van der Waals surface area contributed by atoms with Crippen LogP contribution in [0, 0.1) is 58.0 Å². The second-order valence-corrected chi connectivity index (χ2v) is 16.7. The van der Waals surface area contributed by atoms with E-state index in [9.17, 15) is 49.5 Å². The Bertz CT molecular complexity index is 2200. The lowest BCUT2D eigenvalue weighted by molar-refractivity contribution is -0.385. The van der Waals surface area contributed by atoms with Crippen molar-refractivity contribution in [2.45, 2.75) is 104 Å². The Morgan fingerprint density at radius 1 is 0.661 bits per heavy atom. The van der Waals surface area contributed by atoms with Gasteiger partial charge in [0.2, 0.25) is 11.8 Å². The molecule has 0 bridgehead atoms. The maximum atomic E-state index is 11.5. The molecule has 4 aromatic rings. The summed E-state index contributed by atoms with van der Waals surface area (Å²) in [4.78, 5) is 73.9. The van der Waals surface area contributed by atoms with Gasteiger partial charge in [-0.3, -0.25) is 59.2 Å². The molecule has 0 atom stereocenters. The van der Waals surface area contributed by atoms with E-state index in [1.165, 1.54) is 60.7 Å². The van der Waals surface area contributed by atoms with Crippen LogP contribution in [0.25, 0.3) is 0 Å². The molecule has 10 N–H and O–H groups in total. The Hall–Kier alpha value is -6.84. The number of halogens is 1. The third kappa shape index (κ3) is 15.3. The molecular weight excluding hydrogens is 890 g/mol. The minimum atomic E-state index is -1.07. The molecule has 0 fully saturated rings. The van der Waals surface area contributed by atoms with Gasteiger partial charge in [0.25, 0.3) is 0 Å². The lowest BCUT2D eigenvalue weighted by Crippen LogP contribution is -2.41. The van der Waals surface area contributed by atoms with Crippen molar-refractivity contribution >= 4 is 62.4 Å². The van der Waals surface area contributed by atoms with E-state index in [1.54, 1.807) is 75.4 Å². The maximum Gasteiger partial charge on any atom is 0.333 e. The molecule has 0 aliphatic heterocycles. The normalized spacial score (nSPS) is 10.9. The zero-order valence-corrected chi connectivity index (χ0v) is 38.6. The molecule has 62 heavy (non-hydrogen) atoms. The van der Waals surface area contributed by atoms with Gasteiger partial charge in [-0.1, -0.05) is 15.9 Å². The van der Waals surface area contributed by atoms with Gasteiger partial charge in [-0.15, -0.1) is 0 Å². The van der Waals surface area contributed by atoms with Gasteiger partial charge in [0.1, 0.15) is 51.1 Å². The molecule has 27 nitrogen and oxygen atoms in total. The largest absolute Gasteiger partial charge is 0.468 e. The SMILES string of the molecule is COC(=O)C(C)(C)Br.COC(=O)C(C)(C)n1cc([N+](=O)[O-])c(C)n1.Cc1[nH]ncc1[N+](=O)[O-].Cc1nn(C(C)(C)C(N)=O)cc1N.Cc1nn(C(C)(C)C(N)=O)cc1[N+](=O)[O-].N.[HH]. The average Bonchev–Trinajstić information content (AvgIpc) is 3.94. The highest BCUT2D eigenvalue weighted by molar-refractivity contribution is 9.10. The van der Waals surface area contributed by atoms with Gasteiger partial charge in [-0.25, -0.2) is 9.48 Å². The number of hydrogen-bond donors (Lipinski definition) is 5. The number of nitrogen functional groups attached to an aromatic ring is 1. The first-order valence-electron chi connectivity index (χ1n) is 17.5. The zero-order chi connectivity index (χ0) is 48.2. The number of ether oxygens (including phenoxy) is 2. The summed E-state index contributed by atoms with van der Waals surface area (Å²) in [5, 5.41) is 49.1. The van der Waals surface area contributed by atoms with Crippen LogP contribution >= 0.6 is 15.9 Å². The number of aromatic amines is 1. The number of nitrogens with one attached hydrogen (secondary N) is 1. The van der Waals surface area contributed by atoms with E-state index in [2.05, 4.69) is 50.9 Å². The number of carbonyl (C=O) groups excluding carboxylic acids is 4. The molecule has 0 aliphatic carbocycles. The number of nitrogens with zero attached hydrogens (tertiary/aromatic N) is 10. The number of esters is 2. The second kappa shape index (κ2) is 22.7. The second-order valence-electron chi connectivity index (χ2n) is 14.7. The minimum absolute atomic E-state index is 0. The molecular formula is C34H58BrN15O12. The first-order valence-corrected chi connectivity index (χ1v) is 18.3. The van der Waals surface area contributed by atoms with Crippen LogP contribution in [0.15, 0.2) is 24.8 Å². The van der Waals surface area contributed by atoms with Crippen molar-refractivity contribution in [3.8, 4) is 0 Å². The van der Waals surface area contributed by atoms with Gasteiger partial charge in [-0.2, -0.15) is 20.4 Å². The predicted octanol–water partition coefficient (Wildman–Crippen LogP) is 3.69. The van der Waals surface area contributed by atoms with Crippen molar-refractivity contribution in [2.24, 2.45) is 11.5 Å². The fraction of sp³-hybridized carbons (Fsp3) is 0.529. The molecule has 0 aliphatic rings. The summed E-state index contributed by atoms with van der Waals surface area (Å²) >= 11 is 3.13.